The fourth-order valence-electron chi connectivity index (χ4n) is 7.34. The Morgan fingerprint density at radius 1 is 0.882 bits per heavy atom. The zero-order valence-corrected chi connectivity index (χ0v) is 31.9. The number of benzene rings is 2. The predicted octanol–water partition coefficient (Wildman–Crippen LogP) is 8.73. The number of carbonyl (C=O) groups is 3. The van der Waals surface area contributed by atoms with Gasteiger partial charge in [-0.3, -0.25) is 14.5 Å². The van der Waals surface area contributed by atoms with Gasteiger partial charge >= 0.3 is 6.09 Å². The van der Waals surface area contributed by atoms with E-state index in [1.807, 2.05) is 68.1 Å². The molecule has 9 nitrogen and oxygen atoms in total. The number of amides is 3. The monoisotopic (exact) mass is 713 g/mol. The van der Waals surface area contributed by atoms with E-state index >= 15 is 0 Å². The number of carbonyl (C=O) groups excluding carboxylic acids is 3. The van der Waals surface area contributed by atoms with E-state index < -0.39 is 5.60 Å². The van der Waals surface area contributed by atoms with E-state index in [9.17, 15) is 14.4 Å². The Morgan fingerprint density at radius 3 is 2.24 bits per heavy atom. The lowest BCUT2D eigenvalue weighted by Crippen LogP contribution is -2.48. The van der Waals surface area contributed by atoms with Gasteiger partial charge in [-0.2, -0.15) is 0 Å². The van der Waals surface area contributed by atoms with Gasteiger partial charge in [-0.05, 0) is 133 Å². The Bertz CT molecular complexity index is 1690. The number of hydrogen-bond donors (Lipinski definition) is 2. The smallest absolute Gasteiger partial charge is 0.410 e. The molecule has 0 unspecified atom stereocenters. The van der Waals surface area contributed by atoms with Crippen molar-refractivity contribution in [3.63, 3.8) is 0 Å². The number of aryl methyl sites for hydroxylation is 1. The summed E-state index contributed by atoms with van der Waals surface area (Å²) in [6, 6.07) is 16.8. The van der Waals surface area contributed by atoms with E-state index in [2.05, 4.69) is 40.3 Å². The van der Waals surface area contributed by atoms with Crippen LogP contribution >= 0.6 is 11.3 Å². The first-order valence-corrected chi connectivity index (χ1v) is 19.9. The zero-order chi connectivity index (χ0) is 36.1. The maximum atomic E-state index is 13.8. The van der Waals surface area contributed by atoms with Crippen molar-refractivity contribution in [1.29, 1.82) is 0 Å². The standard InChI is InChI=1S/C41H55N5O4S/c1-6-41(4,5)50-40(49)45-24-22-33(23-25-45)46(32-20-21-32)27-28-12-11-13-29(26-28)37(47)43-39-36(34-14-9-10-15-35(34)51-39)38(48)42-30-16-18-31(19-17-30)44(7-2)8-3/h11-13,16-19,26,32-33H,6-10,14-15,20-25,27H2,1-5H3,(H,42,48)(H,43,47). The lowest BCUT2D eigenvalue weighted by molar-refractivity contribution is 0.00170. The number of piperidine rings is 1. The molecule has 1 saturated carbocycles. The largest absolute Gasteiger partial charge is 0.443 e. The molecule has 51 heavy (non-hydrogen) atoms. The van der Waals surface area contributed by atoms with Crippen molar-refractivity contribution in [2.45, 2.75) is 117 Å². The van der Waals surface area contributed by atoms with Crippen molar-refractivity contribution >= 4 is 45.6 Å². The van der Waals surface area contributed by atoms with Crippen LogP contribution in [0.4, 0.5) is 21.2 Å². The normalized spacial score (nSPS) is 16.5. The maximum absolute atomic E-state index is 13.8. The average molecular weight is 714 g/mol. The quantitative estimate of drug-likeness (QED) is 0.184. The highest BCUT2D eigenvalue weighted by Crippen LogP contribution is 2.39. The van der Waals surface area contributed by atoms with Crippen molar-refractivity contribution in [3.8, 4) is 0 Å². The van der Waals surface area contributed by atoms with E-state index in [0.717, 1.165) is 87.1 Å². The van der Waals surface area contributed by atoms with Crippen LogP contribution in [0.15, 0.2) is 48.5 Å². The fourth-order valence-corrected chi connectivity index (χ4v) is 8.63. The molecule has 1 aromatic heterocycles. The molecule has 2 heterocycles. The molecule has 10 heteroatoms. The first kappa shape index (κ1) is 36.9. The summed E-state index contributed by atoms with van der Waals surface area (Å²) in [5.74, 6) is -0.379. The van der Waals surface area contributed by atoms with Crippen LogP contribution in [0, 0.1) is 0 Å². The van der Waals surface area contributed by atoms with Gasteiger partial charge in [0.25, 0.3) is 11.8 Å². The molecule has 2 aromatic carbocycles. The van der Waals surface area contributed by atoms with Crippen molar-refractivity contribution in [3.05, 3.63) is 75.7 Å². The molecule has 2 fully saturated rings. The van der Waals surface area contributed by atoms with Gasteiger partial charge in [-0.1, -0.05) is 19.1 Å². The number of likely N-dealkylation sites (tertiary alicyclic amines) is 1. The first-order valence-electron chi connectivity index (χ1n) is 19.0. The summed E-state index contributed by atoms with van der Waals surface area (Å²) in [7, 11) is 0. The second-order valence-corrected chi connectivity index (χ2v) is 16.0. The van der Waals surface area contributed by atoms with Crippen LogP contribution < -0.4 is 15.5 Å². The van der Waals surface area contributed by atoms with E-state index in [-0.39, 0.29) is 17.9 Å². The molecule has 3 amide bonds. The summed E-state index contributed by atoms with van der Waals surface area (Å²) in [6.07, 6.45) is 8.64. The van der Waals surface area contributed by atoms with Gasteiger partial charge in [0.2, 0.25) is 0 Å². The molecule has 1 saturated heterocycles. The van der Waals surface area contributed by atoms with Crippen LogP contribution in [0.2, 0.25) is 0 Å². The highest BCUT2D eigenvalue weighted by Gasteiger charge is 2.37. The number of rotatable bonds is 13. The van der Waals surface area contributed by atoms with E-state index in [1.54, 1.807) is 11.3 Å². The summed E-state index contributed by atoms with van der Waals surface area (Å²) in [5.41, 5.74) is 4.76. The molecule has 3 aliphatic rings. The highest BCUT2D eigenvalue weighted by atomic mass is 32.1. The third kappa shape index (κ3) is 8.95. The topological polar surface area (TPSA) is 94.2 Å². The van der Waals surface area contributed by atoms with Gasteiger partial charge in [0, 0.05) is 66.6 Å². The molecule has 2 N–H and O–H groups in total. The van der Waals surface area contributed by atoms with Crippen molar-refractivity contribution in [2.24, 2.45) is 0 Å². The minimum absolute atomic E-state index is 0.178. The Morgan fingerprint density at radius 2 is 1.57 bits per heavy atom. The average Bonchev–Trinajstić information content (AvgIpc) is 3.92. The molecule has 0 atom stereocenters. The number of thiophene rings is 1. The fraction of sp³-hybridized carbons (Fsp3) is 0.537. The number of nitrogens with zero attached hydrogens (tertiary/aromatic N) is 3. The van der Waals surface area contributed by atoms with Gasteiger partial charge in [-0.25, -0.2) is 4.79 Å². The molecule has 274 valence electrons. The molecule has 6 rings (SSSR count). The van der Waals surface area contributed by atoms with E-state index in [4.69, 9.17) is 4.74 Å². The van der Waals surface area contributed by atoms with Gasteiger partial charge in [-0.15, -0.1) is 11.3 Å². The van der Waals surface area contributed by atoms with Gasteiger partial charge in [0.05, 0.1) is 5.56 Å². The van der Waals surface area contributed by atoms with Crippen LogP contribution in [0.5, 0.6) is 0 Å². The van der Waals surface area contributed by atoms with Crippen LogP contribution in [0.1, 0.15) is 116 Å². The summed E-state index contributed by atoms with van der Waals surface area (Å²) in [6.45, 7) is 14.2. The predicted molar refractivity (Wildman–Crippen MR) is 207 cm³/mol. The van der Waals surface area contributed by atoms with Crippen LogP contribution in [0.25, 0.3) is 0 Å². The Hall–Kier alpha value is -3.89. The van der Waals surface area contributed by atoms with Crippen LogP contribution in [-0.2, 0) is 24.1 Å². The summed E-state index contributed by atoms with van der Waals surface area (Å²) in [5, 5.41) is 6.89. The van der Waals surface area contributed by atoms with Crippen LogP contribution in [0.3, 0.4) is 0 Å². The third-order valence-corrected chi connectivity index (χ3v) is 12.1. The number of fused-ring (bicyclic) bond motifs is 1. The Labute approximate surface area is 307 Å². The molecule has 0 bridgehead atoms. The second-order valence-electron chi connectivity index (χ2n) is 14.8. The lowest BCUT2D eigenvalue weighted by atomic mass is 9.95. The minimum atomic E-state index is -0.458. The van der Waals surface area contributed by atoms with E-state index in [1.165, 1.54) is 17.7 Å². The third-order valence-electron chi connectivity index (χ3n) is 10.9. The number of anilines is 3. The number of nitrogens with one attached hydrogen (secondary N) is 2. The summed E-state index contributed by atoms with van der Waals surface area (Å²) >= 11 is 1.54. The van der Waals surface area contributed by atoms with Crippen molar-refractivity contribution < 1.29 is 19.1 Å². The van der Waals surface area contributed by atoms with Gasteiger partial charge < -0.3 is 25.2 Å². The summed E-state index contributed by atoms with van der Waals surface area (Å²) < 4.78 is 5.76. The molecule has 3 aromatic rings. The highest BCUT2D eigenvalue weighted by molar-refractivity contribution is 7.17. The molecule has 1 aliphatic heterocycles. The van der Waals surface area contributed by atoms with Gasteiger partial charge in [0.1, 0.15) is 10.6 Å². The summed E-state index contributed by atoms with van der Waals surface area (Å²) in [4.78, 5) is 48.4. The van der Waals surface area contributed by atoms with Crippen molar-refractivity contribution in [2.75, 3.05) is 41.7 Å². The van der Waals surface area contributed by atoms with Crippen molar-refractivity contribution in [1.82, 2.24) is 9.80 Å². The molecule has 0 spiro atoms. The zero-order valence-electron chi connectivity index (χ0n) is 31.1. The van der Waals surface area contributed by atoms with Crippen LogP contribution in [-0.4, -0.2) is 71.6 Å². The Balaban J connectivity index is 1.12. The number of ether oxygens (including phenoxy) is 1. The first-order chi connectivity index (χ1) is 24.6. The maximum Gasteiger partial charge on any atom is 0.410 e. The number of hydrogen-bond acceptors (Lipinski definition) is 7. The Kier molecular flexibility index (Phi) is 11.7. The molecular formula is C41H55N5O4S. The molecule has 2 aliphatic carbocycles. The van der Waals surface area contributed by atoms with E-state index in [0.29, 0.717) is 41.3 Å². The molecular weight excluding hydrogens is 659 g/mol. The van der Waals surface area contributed by atoms with Gasteiger partial charge in [0.15, 0.2) is 0 Å². The lowest BCUT2D eigenvalue weighted by Gasteiger charge is -2.39. The minimum Gasteiger partial charge on any atom is -0.443 e. The second kappa shape index (κ2) is 16.2. The molecule has 0 radical (unpaired) electrons. The SMILES string of the molecule is CCN(CC)c1ccc(NC(=O)c2c(NC(=O)c3cccc(CN(C4CC4)C4CCN(C(=O)OC(C)(C)CC)CC4)c3)sc3c2CCCC3)cc1.